The average molecular weight is 260 g/mol. The van der Waals surface area contributed by atoms with Crippen LogP contribution in [-0.4, -0.2) is 19.3 Å². The van der Waals surface area contributed by atoms with E-state index in [2.05, 4.69) is 10.3 Å². The molecular weight excluding hydrogens is 254 g/mol. The van der Waals surface area contributed by atoms with Crippen LogP contribution in [0.1, 0.15) is 12.6 Å². The number of aromatic nitrogens is 1. The molecule has 1 rings (SSSR count). The van der Waals surface area contributed by atoms with E-state index >= 15 is 0 Å². The van der Waals surface area contributed by atoms with Crippen LogP contribution in [0.25, 0.3) is 0 Å². The highest BCUT2D eigenvalue weighted by atomic mass is 35.7. The Labute approximate surface area is 96.3 Å². The van der Waals surface area contributed by atoms with Crippen molar-refractivity contribution in [3.63, 3.8) is 0 Å². The topological polar surface area (TPSA) is 99.9 Å². The smallest absolute Gasteiger partial charge is 0.261 e. The van der Waals surface area contributed by atoms with Gasteiger partial charge in [-0.2, -0.15) is 5.26 Å². The van der Waals surface area contributed by atoms with Gasteiger partial charge in [0.05, 0.1) is 4.90 Å². The number of halogens is 1. The van der Waals surface area contributed by atoms with E-state index < -0.39 is 15.0 Å². The van der Waals surface area contributed by atoms with Gasteiger partial charge in [0.15, 0.2) is 0 Å². The van der Waals surface area contributed by atoms with Crippen LogP contribution >= 0.6 is 10.7 Å². The minimum Gasteiger partial charge on any atom is -0.311 e. The second kappa shape index (κ2) is 4.47. The Kier molecular flexibility index (Phi) is 3.47. The average Bonchev–Trinajstić information content (AvgIpc) is 2.14. The molecule has 0 atom stereocenters. The van der Waals surface area contributed by atoms with Crippen LogP contribution in [0.2, 0.25) is 0 Å². The van der Waals surface area contributed by atoms with Crippen LogP contribution in [0.3, 0.4) is 0 Å². The third-order valence-electron chi connectivity index (χ3n) is 1.50. The molecule has 1 aromatic heterocycles. The lowest BCUT2D eigenvalue weighted by atomic mass is 10.3. The molecule has 84 valence electrons. The fourth-order valence-corrected chi connectivity index (χ4v) is 1.72. The molecular formula is C8H6ClN3O3S. The standard InChI is InChI=1S/C8H6ClN3O3S/c1-5(13)11-8-3-7(16(9,14)15)2-6(4-10)12-8/h2-3H,1H3,(H,11,12,13). The predicted octanol–water partition coefficient (Wildman–Crippen LogP) is 0.839. The summed E-state index contributed by atoms with van der Waals surface area (Å²) in [6, 6.07) is 3.76. The van der Waals surface area contributed by atoms with Crippen molar-refractivity contribution in [1.29, 1.82) is 5.26 Å². The van der Waals surface area contributed by atoms with E-state index in [9.17, 15) is 13.2 Å². The van der Waals surface area contributed by atoms with Gasteiger partial charge in [-0.15, -0.1) is 0 Å². The predicted molar refractivity (Wildman–Crippen MR) is 56.3 cm³/mol. The molecule has 1 amide bonds. The number of hydrogen-bond donors (Lipinski definition) is 1. The van der Waals surface area contributed by atoms with Gasteiger partial charge in [0, 0.05) is 23.7 Å². The molecule has 0 aliphatic carbocycles. The van der Waals surface area contributed by atoms with Crippen LogP contribution in [0.15, 0.2) is 17.0 Å². The number of carbonyl (C=O) groups excluding carboxylic acids is 1. The molecule has 0 saturated heterocycles. The number of anilines is 1. The molecule has 8 heteroatoms. The van der Waals surface area contributed by atoms with E-state index in [4.69, 9.17) is 15.9 Å². The summed E-state index contributed by atoms with van der Waals surface area (Å²) in [6.45, 7) is 1.23. The van der Waals surface area contributed by atoms with Gasteiger partial charge in [-0.1, -0.05) is 0 Å². The van der Waals surface area contributed by atoms with Crippen molar-refractivity contribution in [3.8, 4) is 6.07 Å². The molecule has 6 nitrogen and oxygen atoms in total. The number of carbonyl (C=O) groups is 1. The first-order chi connectivity index (χ1) is 7.32. The highest BCUT2D eigenvalue weighted by molar-refractivity contribution is 8.13. The van der Waals surface area contributed by atoms with Gasteiger partial charge in [-0.25, -0.2) is 13.4 Å². The van der Waals surface area contributed by atoms with Gasteiger partial charge >= 0.3 is 0 Å². The summed E-state index contributed by atoms with van der Waals surface area (Å²) in [5.41, 5.74) is -0.148. The Hall–Kier alpha value is -1.65. The Balaban J connectivity index is 3.34. The summed E-state index contributed by atoms with van der Waals surface area (Å²) >= 11 is 0. The second-order valence-corrected chi connectivity index (χ2v) is 5.37. The molecule has 0 bridgehead atoms. The zero-order valence-electron chi connectivity index (χ0n) is 8.06. The SMILES string of the molecule is CC(=O)Nc1cc(S(=O)(=O)Cl)cc(C#N)n1. The molecule has 1 N–H and O–H groups in total. The van der Waals surface area contributed by atoms with Crippen molar-refractivity contribution in [3.05, 3.63) is 17.8 Å². The summed E-state index contributed by atoms with van der Waals surface area (Å²) in [4.78, 5) is 14.2. The number of amides is 1. The molecule has 16 heavy (non-hydrogen) atoms. The van der Waals surface area contributed by atoms with E-state index in [-0.39, 0.29) is 16.4 Å². The van der Waals surface area contributed by atoms with Gasteiger partial charge in [0.1, 0.15) is 17.6 Å². The number of rotatable bonds is 2. The van der Waals surface area contributed by atoms with Crippen LogP contribution < -0.4 is 5.32 Å². The maximum atomic E-state index is 11.1. The van der Waals surface area contributed by atoms with E-state index in [0.717, 1.165) is 12.1 Å². The van der Waals surface area contributed by atoms with Crippen molar-refractivity contribution in [2.24, 2.45) is 0 Å². The molecule has 0 radical (unpaired) electrons. The maximum Gasteiger partial charge on any atom is 0.261 e. The monoisotopic (exact) mass is 259 g/mol. The van der Waals surface area contributed by atoms with E-state index in [0.29, 0.717) is 0 Å². The third-order valence-corrected chi connectivity index (χ3v) is 2.83. The van der Waals surface area contributed by atoms with Gasteiger partial charge in [-0.3, -0.25) is 4.79 Å². The second-order valence-electron chi connectivity index (χ2n) is 2.80. The lowest BCUT2D eigenvalue weighted by molar-refractivity contribution is -0.114. The van der Waals surface area contributed by atoms with Gasteiger partial charge in [0.2, 0.25) is 5.91 Å². The highest BCUT2D eigenvalue weighted by Gasteiger charge is 2.14. The van der Waals surface area contributed by atoms with Crippen LogP contribution in [0.4, 0.5) is 5.82 Å². The molecule has 1 aromatic rings. The van der Waals surface area contributed by atoms with Crippen LogP contribution in [0, 0.1) is 11.3 Å². The Bertz CT molecular complexity index is 577. The molecule has 0 unspecified atom stereocenters. The molecule has 0 aliphatic rings. The summed E-state index contributed by atoms with van der Waals surface area (Å²) in [7, 11) is 1.15. The molecule has 1 heterocycles. The van der Waals surface area contributed by atoms with Crippen LogP contribution in [-0.2, 0) is 13.8 Å². The number of hydrogen-bond acceptors (Lipinski definition) is 5. The van der Waals surface area contributed by atoms with Gasteiger partial charge in [0.25, 0.3) is 9.05 Å². The normalized spacial score (nSPS) is 10.6. The summed E-state index contributed by atoms with van der Waals surface area (Å²) in [5.74, 6) is -0.466. The molecule has 0 saturated carbocycles. The minimum absolute atomic E-state index is 0.0363. The number of nitrogens with zero attached hydrogens (tertiary/aromatic N) is 2. The third kappa shape index (κ3) is 3.18. The summed E-state index contributed by atoms with van der Waals surface area (Å²) in [5, 5.41) is 10.9. The van der Waals surface area contributed by atoms with Crippen molar-refractivity contribution in [2.45, 2.75) is 11.8 Å². The first-order valence-corrected chi connectivity index (χ1v) is 6.28. The van der Waals surface area contributed by atoms with E-state index in [1.165, 1.54) is 6.92 Å². The summed E-state index contributed by atoms with van der Waals surface area (Å²) < 4.78 is 22.1. The number of pyridine rings is 1. The molecule has 0 aromatic carbocycles. The Morgan fingerprint density at radius 3 is 2.62 bits per heavy atom. The first kappa shape index (κ1) is 12.4. The molecule has 0 aliphatic heterocycles. The van der Waals surface area contributed by atoms with E-state index in [1.807, 2.05) is 0 Å². The van der Waals surface area contributed by atoms with Crippen molar-refractivity contribution < 1.29 is 13.2 Å². The zero-order valence-corrected chi connectivity index (χ0v) is 9.63. The van der Waals surface area contributed by atoms with Crippen molar-refractivity contribution in [2.75, 3.05) is 5.32 Å². The largest absolute Gasteiger partial charge is 0.311 e. The van der Waals surface area contributed by atoms with Crippen LogP contribution in [0.5, 0.6) is 0 Å². The summed E-state index contributed by atoms with van der Waals surface area (Å²) in [6.07, 6.45) is 0. The quantitative estimate of drug-likeness (QED) is 0.793. The minimum atomic E-state index is -3.96. The lowest BCUT2D eigenvalue weighted by Gasteiger charge is -2.03. The fourth-order valence-electron chi connectivity index (χ4n) is 0.948. The highest BCUT2D eigenvalue weighted by Crippen LogP contribution is 2.19. The molecule has 0 fully saturated rings. The fraction of sp³-hybridized carbons (Fsp3) is 0.125. The van der Waals surface area contributed by atoms with Gasteiger partial charge < -0.3 is 5.32 Å². The van der Waals surface area contributed by atoms with Crippen molar-refractivity contribution >= 4 is 31.5 Å². The first-order valence-electron chi connectivity index (χ1n) is 3.97. The van der Waals surface area contributed by atoms with E-state index in [1.54, 1.807) is 6.07 Å². The number of nitrogens with one attached hydrogen (secondary N) is 1. The van der Waals surface area contributed by atoms with Gasteiger partial charge in [-0.05, 0) is 6.07 Å². The Morgan fingerprint density at radius 1 is 1.56 bits per heavy atom. The lowest BCUT2D eigenvalue weighted by Crippen LogP contribution is -2.09. The van der Waals surface area contributed by atoms with Crippen molar-refractivity contribution in [1.82, 2.24) is 4.98 Å². The number of nitriles is 1. The molecule has 0 spiro atoms. The Morgan fingerprint density at radius 2 is 2.19 bits per heavy atom. The maximum absolute atomic E-state index is 11.1. The zero-order chi connectivity index (χ0) is 12.3.